The Morgan fingerprint density at radius 1 is 1.56 bits per heavy atom. The number of sulfonamides is 1. The summed E-state index contributed by atoms with van der Waals surface area (Å²) in [6.07, 6.45) is 2.33. The zero-order chi connectivity index (χ0) is 13.2. The van der Waals surface area contributed by atoms with Crippen molar-refractivity contribution in [3.05, 3.63) is 16.1 Å². The summed E-state index contributed by atoms with van der Waals surface area (Å²) in [5, 5.41) is 2.83. The van der Waals surface area contributed by atoms with Gasteiger partial charge >= 0.3 is 0 Å². The van der Waals surface area contributed by atoms with E-state index in [9.17, 15) is 8.42 Å². The van der Waals surface area contributed by atoms with Crippen molar-refractivity contribution in [1.82, 2.24) is 15.0 Å². The zero-order valence-corrected chi connectivity index (χ0v) is 12.3. The van der Waals surface area contributed by atoms with Gasteiger partial charge in [-0.15, -0.1) is 11.3 Å². The van der Waals surface area contributed by atoms with Gasteiger partial charge in [0.1, 0.15) is 0 Å². The Labute approximate surface area is 112 Å². The molecule has 2 N–H and O–H groups in total. The number of nitrogens with one attached hydrogen (secondary N) is 2. The zero-order valence-electron chi connectivity index (χ0n) is 10.6. The fourth-order valence-corrected chi connectivity index (χ4v) is 3.29. The van der Waals surface area contributed by atoms with Crippen molar-refractivity contribution in [1.29, 1.82) is 0 Å². The molecule has 102 valence electrons. The van der Waals surface area contributed by atoms with Gasteiger partial charge in [0.2, 0.25) is 10.0 Å². The molecule has 1 atom stereocenters. The molecule has 18 heavy (non-hydrogen) atoms. The van der Waals surface area contributed by atoms with Crippen LogP contribution in [0.4, 0.5) is 0 Å². The van der Waals surface area contributed by atoms with E-state index in [0.29, 0.717) is 19.1 Å². The van der Waals surface area contributed by atoms with E-state index in [1.54, 1.807) is 12.4 Å². The van der Waals surface area contributed by atoms with Crippen LogP contribution in [0.5, 0.6) is 0 Å². The van der Waals surface area contributed by atoms with Crippen molar-refractivity contribution in [3.8, 4) is 0 Å². The van der Waals surface area contributed by atoms with Gasteiger partial charge in [0.05, 0.1) is 16.5 Å². The van der Waals surface area contributed by atoms with E-state index in [1.807, 2.05) is 6.92 Å². The second kappa shape index (κ2) is 5.64. The van der Waals surface area contributed by atoms with Gasteiger partial charge in [-0.25, -0.2) is 18.1 Å². The predicted octanol–water partition coefficient (Wildman–Crippen LogP) is 1.01. The van der Waals surface area contributed by atoms with Crippen LogP contribution in [0.3, 0.4) is 0 Å². The van der Waals surface area contributed by atoms with E-state index in [-0.39, 0.29) is 0 Å². The lowest BCUT2D eigenvalue weighted by Gasteiger charge is -2.14. The molecule has 0 aromatic carbocycles. The molecule has 7 heteroatoms. The van der Waals surface area contributed by atoms with Gasteiger partial charge in [0.25, 0.3) is 0 Å². The summed E-state index contributed by atoms with van der Waals surface area (Å²) in [7, 11) is -3.25. The molecular formula is C11H19N3O2S2. The number of rotatable bonds is 7. The van der Waals surface area contributed by atoms with Crippen molar-refractivity contribution in [2.45, 2.75) is 44.5 Å². The lowest BCUT2D eigenvalue weighted by molar-refractivity contribution is 0.557. The number of aromatic nitrogens is 1. The van der Waals surface area contributed by atoms with Crippen LogP contribution >= 0.6 is 11.3 Å². The molecule has 0 radical (unpaired) electrons. The van der Waals surface area contributed by atoms with Crippen molar-refractivity contribution in [3.63, 3.8) is 0 Å². The summed E-state index contributed by atoms with van der Waals surface area (Å²) in [4.78, 5) is 5.07. The van der Waals surface area contributed by atoms with Crippen molar-refractivity contribution >= 4 is 21.4 Å². The number of aryl methyl sites for hydroxylation is 1. The summed E-state index contributed by atoms with van der Waals surface area (Å²) in [5.74, 6) is 0. The third kappa shape index (κ3) is 3.74. The van der Waals surface area contributed by atoms with Crippen LogP contribution in [0.15, 0.2) is 5.51 Å². The van der Waals surface area contributed by atoms with Gasteiger partial charge in [-0.05, 0) is 26.7 Å². The van der Waals surface area contributed by atoms with Crippen molar-refractivity contribution in [2.75, 3.05) is 6.54 Å². The Balaban J connectivity index is 1.83. The van der Waals surface area contributed by atoms with E-state index in [0.717, 1.165) is 10.6 Å². The van der Waals surface area contributed by atoms with Crippen LogP contribution in [0.2, 0.25) is 0 Å². The second-order valence-electron chi connectivity index (χ2n) is 4.72. The molecule has 1 heterocycles. The molecule has 2 rings (SSSR count). The van der Waals surface area contributed by atoms with Gasteiger partial charge in [-0.2, -0.15) is 0 Å². The molecule has 0 aliphatic heterocycles. The second-order valence-corrected chi connectivity index (χ2v) is 7.84. The predicted molar refractivity (Wildman–Crippen MR) is 73.1 cm³/mol. The topological polar surface area (TPSA) is 71.1 Å². The molecule has 0 spiro atoms. The van der Waals surface area contributed by atoms with Gasteiger partial charge in [-0.3, -0.25) is 0 Å². The molecule has 1 aliphatic carbocycles. The summed E-state index contributed by atoms with van der Waals surface area (Å²) in [6.45, 7) is 4.48. The fraction of sp³-hybridized carbons (Fsp3) is 0.727. The van der Waals surface area contributed by atoms with Gasteiger partial charge < -0.3 is 5.32 Å². The maximum atomic E-state index is 12.0. The van der Waals surface area contributed by atoms with Crippen molar-refractivity contribution in [2.24, 2.45) is 0 Å². The average molecular weight is 289 g/mol. The molecule has 1 unspecified atom stereocenters. The Hall–Kier alpha value is -0.500. The van der Waals surface area contributed by atoms with E-state index in [1.165, 1.54) is 24.2 Å². The minimum Gasteiger partial charge on any atom is -0.313 e. The third-order valence-corrected chi connectivity index (χ3v) is 5.79. The van der Waals surface area contributed by atoms with Crippen LogP contribution in [-0.4, -0.2) is 31.2 Å². The average Bonchev–Trinajstić information content (AvgIpc) is 3.06. The van der Waals surface area contributed by atoms with Crippen molar-refractivity contribution < 1.29 is 8.42 Å². The highest BCUT2D eigenvalue weighted by molar-refractivity contribution is 7.90. The van der Waals surface area contributed by atoms with Gasteiger partial charge in [0, 0.05) is 24.0 Å². The lowest BCUT2D eigenvalue weighted by atomic mass is 10.4. The molecule has 1 fully saturated rings. The minimum atomic E-state index is -3.25. The van der Waals surface area contributed by atoms with Crippen LogP contribution in [0, 0.1) is 6.92 Å². The van der Waals surface area contributed by atoms with Crippen LogP contribution < -0.4 is 10.0 Å². The standard InChI is InChI=1S/C11H19N3O2S2/c1-8(5-12-10-3-4-10)18(15,16)14-6-11-9(2)13-7-17-11/h7-8,10,12,14H,3-6H2,1-2H3. The monoisotopic (exact) mass is 289 g/mol. The highest BCUT2D eigenvalue weighted by Crippen LogP contribution is 2.18. The number of hydrogen-bond acceptors (Lipinski definition) is 5. The first-order chi connectivity index (χ1) is 8.49. The highest BCUT2D eigenvalue weighted by atomic mass is 32.2. The van der Waals surface area contributed by atoms with E-state index >= 15 is 0 Å². The number of hydrogen-bond donors (Lipinski definition) is 2. The molecule has 1 aromatic rings. The largest absolute Gasteiger partial charge is 0.313 e. The molecule has 1 saturated carbocycles. The summed E-state index contributed by atoms with van der Waals surface area (Å²) < 4.78 is 26.7. The smallest absolute Gasteiger partial charge is 0.215 e. The Bertz CT molecular complexity index is 494. The fourth-order valence-electron chi connectivity index (χ4n) is 1.53. The summed E-state index contributed by atoms with van der Waals surface area (Å²) >= 11 is 1.48. The Morgan fingerprint density at radius 2 is 2.28 bits per heavy atom. The maximum Gasteiger partial charge on any atom is 0.215 e. The van der Waals surface area contributed by atoms with Crippen LogP contribution in [0.25, 0.3) is 0 Å². The molecule has 0 saturated heterocycles. The molecule has 0 amide bonds. The molecular weight excluding hydrogens is 270 g/mol. The molecule has 5 nitrogen and oxygen atoms in total. The molecule has 1 aliphatic rings. The summed E-state index contributed by atoms with van der Waals surface area (Å²) in [6, 6.07) is 0.534. The molecule has 0 bridgehead atoms. The highest BCUT2D eigenvalue weighted by Gasteiger charge is 2.25. The number of thiazole rings is 1. The first-order valence-corrected chi connectivity index (χ1v) is 8.52. The molecule has 1 aromatic heterocycles. The Morgan fingerprint density at radius 3 is 2.83 bits per heavy atom. The maximum absolute atomic E-state index is 12.0. The number of nitrogens with zero attached hydrogens (tertiary/aromatic N) is 1. The SMILES string of the molecule is Cc1ncsc1CNS(=O)(=O)C(C)CNC1CC1. The first kappa shape index (κ1) is 13.9. The van der Waals surface area contributed by atoms with Crippen LogP contribution in [0.1, 0.15) is 30.3 Å². The normalized spacial score (nSPS) is 17.9. The van der Waals surface area contributed by atoms with E-state index in [2.05, 4.69) is 15.0 Å². The van der Waals surface area contributed by atoms with E-state index < -0.39 is 15.3 Å². The lowest BCUT2D eigenvalue weighted by Crippen LogP contribution is -2.39. The minimum absolute atomic E-state index is 0.340. The Kier molecular flexibility index (Phi) is 4.37. The quantitative estimate of drug-likeness (QED) is 0.786. The van der Waals surface area contributed by atoms with E-state index in [4.69, 9.17) is 0 Å². The first-order valence-electron chi connectivity index (χ1n) is 6.10. The van der Waals surface area contributed by atoms with Gasteiger partial charge in [-0.1, -0.05) is 0 Å². The summed E-state index contributed by atoms with van der Waals surface area (Å²) in [5.41, 5.74) is 2.63. The van der Waals surface area contributed by atoms with Gasteiger partial charge in [0.15, 0.2) is 0 Å². The van der Waals surface area contributed by atoms with Crippen LogP contribution in [-0.2, 0) is 16.6 Å². The third-order valence-electron chi connectivity index (χ3n) is 3.08.